The molecule has 1 aromatic heterocycles. The van der Waals surface area contributed by atoms with E-state index in [0.29, 0.717) is 31.0 Å². The standard InChI is InChI=1S/C14H25N5O3.ClH/c1-5-6-11-13(19(21)22)12(17-16-11)14(20)18(4)8-7-10(15)9(2)3;/h9-10H,5-8,15H2,1-4H3,(H,16,17);1H. The zero-order chi connectivity index (χ0) is 16.9. The third-order valence-corrected chi connectivity index (χ3v) is 3.70. The number of halogens is 1. The minimum Gasteiger partial charge on any atom is -0.340 e. The number of aryl methyl sites for hydroxylation is 1. The van der Waals surface area contributed by atoms with Crippen molar-refractivity contribution in [3.05, 3.63) is 21.5 Å². The van der Waals surface area contributed by atoms with Crippen LogP contribution in [-0.2, 0) is 6.42 Å². The van der Waals surface area contributed by atoms with Gasteiger partial charge in [-0.2, -0.15) is 5.10 Å². The highest BCUT2D eigenvalue weighted by Crippen LogP contribution is 2.23. The fourth-order valence-electron chi connectivity index (χ4n) is 2.10. The second-order valence-corrected chi connectivity index (χ2v) is 5.83. The molecule has 1 rings (SSSR count). The summed E-state index contributed by atoms with van der Waals surface area (Å²) in [4.78, 5) is 24.5. The highest BCUT2D eigenvalue weighted by molar-refractivity contribution is 5.96. The summed E-state index contributed by atoms with van der Waals surface area (Å²) >= 11 is 0. The molecule has 0 radical (unpaired) electrons. The normalized spacial score (nSPS) is 11.9. The molecule has 0 aliphatic rings. The van der Waals surface area contributed by atoms with Gasteiger partial charge in [-0.1, -0.05) is 27.2 Å². The first-order valence-electron chi connectivity index (χ1n) is 7.52. The molecule has 0 fully saturated rings. The van der Waals surface area contributed by atoms with Crippen LogP contribution in [0.3, 0.4) is 0 Å². The Balaban J connectivity index is 0.00000484. The maximum absolute atomic E-state index is 12.4. The zero-order valence-corrected chi connectivity index (χ0v) is 14.9. The van der Waals surface area contributed by atoms with Crippen molar-refractivity contribution in [1.29, 1.82) is 0 Å². The Morgan fingerprint density at radius 1 is 1.48 bits per heavy atom. The molecule has 9 heteroatoms. The van der Waals surface area contributed by atoms with Crippen LogP contribution in [0.25, 0.3) is 0 Å². The molecule has 3 N–H and O–H groups in total. The number of aromatic nitrogens is 2. The first-order valence-corrected chi connectivity index (χ1v) is 7.52. The molecule has 1 amide bonds. The first-order chi connectivity index (χ1) is 10.3. The summed E-state index contributed by atoms with van der Waals surface area (Å²) in [6.07, 6.45) is 1.86. The summed E-state index contributed by atoms with van der Waals surface area (Å²) in [7, 11) is 1.60. The Kier molecular flexibility index (Phi) is 8.78. The van der Waals surface area contributed by atoms with Gasteiger partial charge in [-0.05, 0) is 18.8 Å². The molecule has 1 unspecified atom stereocenters. The van der Waals surface area contributed by atoms with Gasteiger partial charge in [-0.25, -0.2) is 0 Å². The average molecular weight is 348 g/mol. The number of carbonyl (C=O) groups excluding carboxylic acids is 1. The van der Waals surface area contributed by atoms with Crippen LogP contribution in [0.5, 0.6) is 0 Å². The van der Waals surface area contributed by atoms with Crippen LogP contribution in [-0.4, -0.2) is 45.6 Å². The van der Waals surface area contributed by atoms with Gasteiger partial charge in [-0.3, -0.25) is 20.0 Å². The predicted octanol–water partition coefficient (Wildman–Crippen LogP) is 2.14. The Labute approximate surface area is 142 Å². The number of nitro groups is 1. The van der Waals surface area contributed by atoms with Gasteiger partial charge in [0.25, 0.3) is 5.91 Å². The number of hydrogen-bond donors (Lipinski definition) is 2. The van der Waals surface area contributed by atoms with Crippen molar-refractivity contribution >= 4 is 24.0 Å². The molecule has 0 bridgehead atoms. The smallest absolute Gasteiger partial charge is 0.322 e. The lowest BCUT2D eigenvalue weighted by Crippen LogP contribution is -2.35. The van der Waals surface area contributed by atoms with E-state index in [0.717, 1.165) is 6.42 Å². The average Bonchev–Trinajstić information content (AvgIpc) is 2.87. The molecule has 0 aliphatic heterocycles. The number of carbonyl (C=O) groups is 1. The SMILES string of the molecule is CCCc1[nH]nc(C(=O)N(C)CCC(N)C(C)C)c1[N+](=O)[O-].Cl. The second-order valence-electron chi connectivity index (χ2n) is 5.83. The van der Waals surface area contributed by atoms with Crippen molar-refractivity contribution in [2.75, 3.05) is 13.6 Å². The number of aromatic amines is 1. The number of rotatable bonds is 8. The van der Waals surface area contributed by atoms with E-state index in [1.807, 2.05) is 20.8 Å². The van der Waals surface area contributed by atoms with Crippen LogP contribution in [0.2, 0.25) is 0 Å². The number of amides is 1. The largest absolute Gasteiger partial charge is 0.340 e. The molecule has 1 heterocycles. The van der Waals surface area contributed by atoms with Gasteiger partial charge in [0, 0.05) is 19.6 Å². The molecule has 0 saturated heterocycles. The summed E-state index contributed by atoms with van der Waals surface area (Å²) < 4.78 is 0. The van der Waals surface area contributed by atoms with Gasteiger partial charge in [0.2, 0.25) is 5.69 Å². The summed E-state index contributed by atoms with van der Waals surface area (Å²) in [5, 5.41) is 17.7. The number of nitrogens with one attached hydrogen (secondary N) is 1. The van der Waals surface area contributed by atoms with Crippen LogP contribution in [0.1, 0.15) is 49.8 Å². The Bertz CT molecular complexity index is 532. The van der Waals surface area contributed by atoms with Gasteiger partial charge in [0.15, 0.2) is 0 Å². The molecule has 132 valence electrons. The fraction of sp³-hybridized carbons (Fsp3) is 0.714. The summed E-state index contributed by atoms with van der Waals surface area (Å²) in [6.45, 7) is 6.38. The van der Waals surface area contributed by atoms with Crippen molar-refractivity contribution in [2.45, 2.75) is 46.1 Å². The maximum Gasteiger partial charge on any atom is 0.322 e. The third kappa shape index (κ3) is 5.47. The van der Waals surface area contributed by atoms with Crippen molar-refractivity contribution in [2.24, 2.45) is 11.7 Å². The molecule has 1 atom stereocenters. The van der Waals surface area contributed by atoms with Crippen LogP contribution in [0.4, 0.5) is 5.69 Å². The fourth-order valence-corrected chi connectivity index (χ4v) is 2.10. The Morgan fingerprint density at radius 3 is 2.57 bits per heavy atom. The van der Waals surface area contributed by atoms with Gasteiger partial charge in [0.1, 0.15) is 5.69 Å². The van der Waals surface area contributed by atoms with E-state index in [4.69, 9.17) is 5.73 Å². The van der Waals surface area contributed by atoms with E-state index in [-0.39, 0.29) is 29.8 Å². The Hall–Kier alpha value is -1.67. The number of nitrogens with two attached hydrogens (primary N) is 1. The number of nitrogens with zero attached hydrogens (tertiary/aromatic N) is 3. The van der Waals surface area contributed by atoms with E-state index in [9.17, 15) is 14.9 Å². The van der Waals surface area contributed by atoms with E-state index in [1.54, 1.807) is 7.05 Å². The molecular formula is C14H26ClN5O3. The molecular weight excluding hydrogens is 322 g/mol. The lowest BCUT2D eigenvalue weighted by molar-refractivity contribution is -0.385. The molecule has 1 aromatic rings. The van der Waals surface area contributed by atoms with Crippen LogP contribution in [0, 0.1) is 16.0 Å². The first kappa shape index (κ1) is 21.3. The van der Waals surface area contributed by atoms with Crippen LogP contribution < -0.4 is 5.73 Å². The second kappa shape index (κ2) is 9.46. The monoisotopic (exact) mass is 347 g/mol. The topological polar surface area (TPSA) is 118 Å². The maximum atomic E-state index is 12.4. The van der Waals surface area contributed by atoms with Gasteiger partial charge < -0.3 is 10.6 Å². The molecule has 0 saturated carbocycles. The van der Waals surface area contributed by atoms with Crippen LogP contribution >= 0.6 is 12.4 Å². The minimum atomic E-state index is -0.546. The summed E-state index contributed by atoms with van der Waals surface area (Å²) in [6, 6.07) is -0.0138. The summed E-state index contributed by atoms with van der Waals surface area (Å²) in [5.41, 5.74) is 6.00. The van der Waals surface area contributed by atoms with E-state index >= 15 is 0 Å². The highest BCUT2D eigenvalue weighted by Gasteiger charge is 2.30. The van der Waals surface area contributed by atoms with Crippen LogP contribution in [0.15, 0.2) is 0 Å². The number of H-pyrrole nitrogens is 1. The lowest BCUT2D eigenvalue weighted by Gasteiger charge is -2.20. The minimum absolute atomic E-state index is 0. The molecule has 0 aliphatic carbocycles. The quantitative estimate of drug-likeness (QED) is 0.551. The van der Waals surface area contributed by atoms with Crippen molar-refractivity contribution < 1.29 is 9.72 Å². The predicted molar refractivity (Wildman–Crippen MR) is 90.9 cm³/mol. The summed E-state index contributed by atoms with van der Waals surface area (Å²) in [5.74, 6) is -0.138. The van der Waals surface area contributed by atoms with Crippen molar-refractivity contribution in [1.82, 2.24) is 15.1 Å². The van der Waals surface area contributed by atoms with E-state index in [2.05, 4.69) is 10.2 Å². The van der Waals surface area contributed by atoms with Gasteiger partial charge >= 0.3 is 5.69 Å². The Morgan fingerprint density at radius 2 is 2.09 bits per heavy atom. The van der Waals surface area contributed by atoms with E-state index in [1.165, 1.54) is 4.90 Å². The van der Waals surface area contributed by atoms with Crippen molar-refractivity contribution in [3.8, 4) is 0 Å². The highest BCUT2D eigenvalue weighted by atomic mass is 35.5. The third-order valence-electron chi connectivity index (χ3n) is 3.70. The molecule has 23 heavy (non-hydrogen) atoms. The molecule has 0 spiro atoms. The lowest BCUT2D eigenvalue weighted by atomic mass is 10.0. The van der Waals surface area contributed by atoms with Gasteiger partial charge in [0.05, 0.1) is 4.92 Å². The molecule has 8 nitrogen and oxygen atoms in total. The van der Waals surface area contributed by atoms with Crippen molar-refractivity contribution in [3.63, 3.8) is 0 Å². The molecule has 0 aromatic carbocycles. The van der Waals surface area contributed by atoms with E-state index < -0.39 is 10.8 Å². The number of hydrogen-bond acceptors (Lipinski definition) is 5. The van der Waals surface area contributed by atoms with Gasteiger partial charge in [-0.15, -0.1) is 12.4 Å². The zero-order valence-electron chi connectivity index (χ0n) is 14.0.